The molecule has 0 aromatic heterocycles. The first kappa shape index (κ1) is 21.6. The quantitative estimate of drug-likeness (QED) is 0.252. The van der Waals surface area contributed by atoms with Gasteiger partial charge in [-0.15, -0.1) is 4.91 Å². The van der Waals surface area contributed by atoms with Gasteiger partial charge in [-0.25, -0.2) is 0 Å². The molecule has 0 heterocycles. The van der Waals surface area contributed by atoms with Gasteiger partial charge in [0.1, 0.15) is 0 Å². The molecule has 0 unspecified atom stereocenters. The molecule has 0 aromatic rings. The van der Waals surface area contributed by atoms with Crippen molar-refractivity contribution in [1.29, 1.82) is 10.8 Å². The summed E-state index contributed by atoms with van der Waals surface area (Å²) in [6, 6.07) is 0. The second-order valence-corrected chi connectivity index (χ2v) is 0.0816. The first-order valence-corrected chi connectivity index (χ1v) is 0.583. The maximum atomic E-state index is 8.11. The van der Waals surface area contributed by atoms with Crippen molar-refractivity contribution in [3.63, 3.8) is 0 Å². The lowest BCUT2D eigenvalue weighted by molar-refractivity contribution is 0.312. The molecule has 0 amide bonds. The Labute approximate surface area is 33.7 Å². The van der Waals surface area contributed by atoms with E-state index in [-0.39, 0.29) is 6.15 Å². The SMILES string of the molecule is N.N#N.O=NO. The monoisotopic (exact) mass is 92.0 g/mol. The molecule has 6 heteroatoms. The van der Waals surface area contributed by atoms with E-state index in [1.165, 1.54) is 5.34 Å². The molecule has 0 spiro atoms. The zero-order valence-electron chi connectivity index (χ0n) is 2.90. The number of hydrogen-bond acceptors (Lipinski definition) is 5. The van der Waals surface area contributed by atoms with E-state index in [0.717, 1.165) is 0 Å². The van der Waals surface area contributed by atoms with Crippen LogP contribution >= 0.6 is 0 Å². The van der Waals surface area contributed by atoms with Crippen LogP contribution in [0.5, 0.6) is 0 Å². The van der Waals surface area contributed by atoms with Gasteiger partial charge in [0.2, 0.25) is 0 Å². The predicted octanol–water partition coefficient (Wildman–Crippen LogP) is 0.334. The number of nitrogens with zero attached hydrogens (tertiary/aromatic N) is 3. The summed E-state index contributed by atoms with van der Waals surface area (Å²) in [7, 11) is 0. The zero-order valence-corrected chi connectivity index (χ0v) is 2.90. The van der Waals surface area contributed by atoms with E-state index in [4.69, 9.17) is 20.9 Å². The largest absolute Gasteiger partial charge is 0.379 e. The lowest BCUT2D eigenvalue weighted by atomic mass is 13.4. The van der Waals surface area contributed by atoms with Crippen LogP contribution in [-0.2, 0) is 0 Å². The fraction of sp³-hybridized carbons (Fsp3) is 0. The molecule has 6 nitrogen and oxygen atoms in total. The number of hydrogen-bond donors (Lipinski definition) is 2. The molecule has 36 valence electrons. The summed E-state index contributed by atoms with van der Waals surface area (Å²) in [5.74, 6) is 0. The van der Waals surface area contributed by atoms with Crippen molar-refractivity contribution in [2.45, 2.75) is 0 Å². The number of rotatable bonds is 0. The van der Waals surface area contributed by atoms with Gasteiger partial charge < -0.3 is 11.4 Å². The standard InChI is InChI=1S/N2.HNO2.H3N/c1-2;2-1-3;/h;(H,2,3);1H3. The molecule has 0 aliphatic rings. The van der Waals surface area contributed by atoms with E-state index in [1.807, 2.05) is 0 Å². The Bertz CT molecular complexity index is 29.8. The molecule has 4 N–H and O–H groups in total. The second-order valence-electron chi connectivity index (χ2n) is 0.0816. The minimum atomic E-state index is 0. The summed E-state index contributed by atoms with van der Waals surface area (Å²) in [6.45, 7) is 0. The van der Waals surface area contributed by atoms with E-state index in [0.29, 0.717) is 0 Å². The van der Waals surface area contributed by atoms with Crippen LogP contribution in [0.4, 0.5) is 0 Å². The Morgan fingerprint density at radius 2 is 1.50 bits per heavy atom. The topological polar surface area (TPSA) is 132 Å². The Balaban J connectivity index is -0.0000000275. The van der Waals surface area contributed by atoms with Gasteiger partial charge in [0.25, 0.3) is 0 Å². The van der Waals surface area contributed by atoms with E-state index in [1.54, 1.807) is 0 Å². The van der Waals surface area contributed by atoms with Gasteiger partial charge in [-0.3, -0.25) is 0 Å². The smallest absolute Gasteiger partial charge is 0.152 e. The molecule has 0 rings (SSSR count). The van der Waals surface area contributed by atoms with E-state index in [9.17, 15) is 0 Å². The van der Waals surface area contributed by atoms with Crippen molar-refractivity contribution in [3.05, 3.63) is 4.91 Å². The predicted molar refractivity (Wildman–Crippen MR) is 16.1 cm³/mol. The molecular weight excluding hydrogens is 88.0 g/mol. The fourth-order valence-electron chi connectivity index (χ4n) is 0. The van der Waals surface area contributed by atoms with Gasteiger partial charge in [-0.2, -0.15) is 0 Å². The maximum Gasteiger partial charge on any atom is 0.152 e. The molecule has 0 radical (unpaired) electrons. The maximum absolute atomic E-state index is 8.11. The van der Waals surface area contributed by atoms with Crippen LogP contribution in [-0.4, -0.2) is 5.21 Å². The molecule has 0 bridgehead atoms. The van der Waals surface area contributed by atoms with Gasteiger partial charge in [0.15, 0.2) is 5.34 Å². The van der Waals surface area contributed by atoms with Crippen LogP contribution in [0.2, 0.25) is 0 Å². The van der Waals surface area contributed by atoms with Crippen LogP contribution in [0.1, 0.15) is 0 Å². The summed E-state index contributed by atoms with van der Waals surface area (Å²) < 4.78 is 0. The van der Waals surface area contributed by atoms with Crippen molar-refractivity contribution in [2.75, 3.05) is 0 Å². The first-order chi connectivity index (χ1) is 2.41. The summed E-state index contributed by atoms with van der Waals surface area (Å²) in [5.41, 5.74) is 0. The summed E-state index contributed by atoms with van der Waals surface area (Å²) >= 11 is 0. The Morgan fingerprint density at radius 1 is 1.50 bits per heavy atom. The van der Waals surface area contributed by atoms with Crippen LogP contribution in [0, 0.1) is 15.7 Å². The van der Waals surface area contributed by atoms with Crippen molar-refractivity contribution >= 4 is 0 Å². The second kappa shape index (κ2) is 604. The highest BCUT2D eigenvalue weighted by Crippen LogP contribution is 1.25. The summed E-state index contributed by atoms with van der Waals surface area (Å²) in [4.78, 5) is 8.11. The van der Waals surface area contributed by atoms with Crippen LogP contribution in [0.15, 0.2) is 5.34 Å². The highest BCUT2D eigenvalue weighted by atomic mass is 16.6. The van der Waals surface area contributed by atoms with Crippen molar-refractivity contribution in [3.8, 4) is 0 Å². The lowest BCUT2D eigenvalue weighted by Crippen LogP contribution is -1.25. The van der Waals surface area contributed by atoms with Gasteiger partial charge >= 0.3 is 0 Å². The third-order valence-electron chi connectivity index (χ3n) is 0. The fourth-order valence-corrected chi connectivity index (χ4v) is 0. The molecular formula is H4N4O2. The average Bonchev–Trinajstić information content (AvgIpc) is 1.46. The van der Waals surface area contributed by atoms with Crippen LogP contribution in [0.25, 0.3) is 0 Å². The van der Waals surface area contributed by atoms with Gasteiger partial charge in [0, 0.05) is 10.8 Å². The third kappa shape index (κ3) is 5.92. The Hall–Kier alpha value is -1.22. The molecule has 0 saturated carbocycles. The molecule has 0 saturated heterocycles. The zero-order chi connectivity index (χ0) is 4.71. The Kier molecular flexibility index (Phi) is 2170. The molecule has 0 atom stereocenters. The summed E-state index contributed by atoms with van der Waals surface area (Å²) in [6.07, 6.45) is 0. The third-order valence-corrected chi connectivity index (χ3v) is 0. The molecule has 0 fully saturated rings. The lowest BCUT2D eigenvalue weighted by Gasteiger charge is -1.32. The highest BCUT2D eigenvalue weighted by Gasteiger charge is 1.18. The van der Waals surface area contributed by atoms with Crippen molar-refractivity contribution < 1.29 is 5.21 Å². The highest BCUT2D eigenvalue weighted by molar-refractivity contribution is 3.83. The van der Waals surface area contributed by atoms with Gasteiger partial charge in [-0.1, -0.05) is 0 Å². The molecule has 0 aliphatic carbocycles. The normalized spacial score (nSPS) is 2.33. The molecule has 0 aromatic carbocycles. The van der Waals surface area contributed by atoms with Crippen molar-refractivity contribution in [1.82, 2.24) is 6.15 Å². The van der Waals surface area contributed by atoms with E-state index >= 15 is 0 Å². The molecule has 6 heavy (non-hydrogen) atoms. The van der Waals surface area contributed by atoms with Crippen LogP contribution < -0.4 is 6.15 Å². The molecule has 0 aliphatic heterocycles. The van der Waals surface area contributed by atoms with E-state index < -0.39 is 0 Å². The minimum Gasteiger partial charge on any atom is -0.379 e. The average molecular weight is 92.1 g/mol. The van der Waals surface area contributed by atoms with Crippen molar-refractivity contribution in [2.24, 2.45) is 5.34 Å². The van der Waals surface area contributed by atoms with Gasteiger partial charge in [0.05, 0.1) is 0 Å². The first-order valence-electron chi connectivity index (χ1n) is 0.583. The summed E-state index contributed by atoms with van der Waals surface area (Å²) in [5, 5.41) is 19.9. The van der Waals surface area contributed by atoms with E-state index in [2.05, 4.69) is 0 Å². The minimum absolute atomic E-state index is 0. The Morgan fingerprint density at radius 3 is 1.50 bits per heavy atom. The van der Waals surface area contributed by atoms with Crippen LogP contribution in [0.3, 0.4) is 0 Å². The van der Waals surface area contributed by atoms with Gasteiger partial charge in [-0.05, 0) is 0 Å².